The molecule has 1 amide bonds. The number of nitrogens with one attached hydrogen (secondary N) is 2. The molecule has 9 heteroatoms. The van der Waals surface area contributed by atoms with Crippen LogP contribution in [0.2, 0.25) is 0 Å². The second-order valence-corrected chi connectivity index (χ2v) is 8.81. The Hall–Kier alpha value is -3.56. The summed E-state index contributed by atoms with van der Waals surface area (Å²) in [7, 11) is 0.505. The molecule has 8 nitrogen and oxygen atoms in total. The summed E-state index contributed by atoms with van der Waals surface area (Å²) in [5, 5.41) is 2.76. The first-order valence-corrected chi connectivity index (χ1v) is 11.6. The molecule has 0 aromatic heterocycles. The van der Waals surface area contributed by atoms with E-state index in [0.29, 0.717) is 22.9 Å². The second-order valence-electron chi connectivity index (χ2n) is 7.09. The minimum absolute atomic E-state index is 0.0242. The second kappa shape index (κ2) is 10.8. The lowest BCUT2D eigenvalue weighted by atomic mass is 10.1. The topological polar surface area (TPSA) is 103 Å². The fraction of sp³-hybridized carbons (Fsp3) is 0.208. The van der Waals surface area contributed by atoms with Gasteiger partial charge < -0.3 is 19.5 Å². The molecular formula is C24H26N2O6S. The van der Waals surface area contributed by atoms with Crippen LogP contribution in [0.1, 0.15) is 5.56 Å². The number of hydrogen-bond acceptors (Lipinski definition) is 6. The van der Waals surface area contributed by atoms with E-state index in [1.807, 2.05) is 30.3 Å². The Kier molecular flexibility index (Phi) is 7.92. The Morgan fingerprint density at radius 1 is 0.848 bits per heavy atom. The van der Waals surface area contributed by atoms with Gasteiger partial charge in [-0.3, -0.25) is 4.79 Å². The summed E-state index contributed by atoms with van der Waals surface area (Å²) in [6, 6.07) is 19.0. The lowest BCUT2D eigenvalue weighted by Crippen LogP contribution is -2.45. The zero-order valence-electron chi connectivity index (χ0n) is 18.6. The van der Waals surface area contributed by atoms with Crippen molar-refractivity contribution in [3.63, 3.8) is 0 Å². The van der Waals surface area contributed by atoms with Crippen LogP contribution >= 0.6 is 0 Å². The predicted molar refractivity (Wildman–Crippen MR) is 125 cm³/mol. The van der Waals surface area contributed by atoms with E-state index in [2.05, 4.69) is 10.0 Å². The molecule has 0 spiro atoms. The van der Waals surface area contributed by atoms with Gasteiger partial charge in [-0.2, -0.15) is 4.72 Å². The first kappa shape index (κ1) is 24.1. The standard InChI is InChI=1S/C24H26N2O6S/c1-30-18-9-12-20(13-10-18)33(28,29)26-22(15-17-7-5-4-6-8-17)24(27)25-21-14-11-19(31-2)16-23(21)32-3/h4-14,16,22,26H,15H2,1-3H3,(H,25,27). The normalized spacial score (nSPS) is 12.0. The summed E-state index contributed by atoms with van der Waals surface area (Å²) < 4.78 is 44.2. The van der Waals surface area contributed by atoms with E-state index in [-0.39, 0.29) is 11.3 Å². The summed E-state index contributed by atoms with van der Waals surface area (Å²) in [5.41, 5.74) is 1.20. The Bertz CT molecular complexity index is 1180. The van der Waals surface area contributed by atoms with Crippen LogP contribution in [-0.2, 0) is 21.2 Å². The molecule has 0 radical (unpaired) electrons. The number of sulfonamides is 1. The molecule has 0 aliphatic heterocycles. The van der Waals surface area contributed by atoms with Crippen molar-refractivity contribution in [2.75, 3.05) is 26.6 Å². The molecule has 1 atom stereocenters. The van der Waals surface area contributed by atoms with Crippen LogP contribution in [-0.4, -0.2) is 41.7 Å². The molecule has 33 heavy (non-hydrogen) atoms. The Balaban J connectivity index is 1.88. The predicted octanol–water partition coefficient (Wildman–Crippen LogP) is 3.24. The average molecular weight is 471 g/mol. The van der Waals surface area contributed by atoms with Crippen molar-refractivity contribution in [2.45, 2.75) is 17.4 Å². The molecule has 0 fully saturated rings. The summed E-state index contributed by atoms with van der Waals surface area (Å²) in [6.45, 7) is 0. The fourth-order valence-corrected chi connectivity index (χ4v) is 4.36. The van der Waals surface area contributed by atoms with E-state index in [9.17, 15) is 13.2 Å². The van der Waals surface area contributed by atoms with Crippen LogP contribution in [0.25, 0.3) is 0 Å². The van der Waals surface area contributed by atoms with Gasteiger partial charge in [0.1, 0.15) is 23.3 Å². The van der Waals surface area contributed by atoms with Crippen molar-refractivity contribution in [1.82, 2.24) is 4.72 Å². The molecule has 1 unspecified atom stereocenters. The van der Waals surface area contributed by atoms with E-state index in [1.165, 1.54) is 33.5 Å². The third-order valence-electron chi connectivity index (χ3n) is 4.93. The average Bonchev–Trinajstić information content (AvgIpc) is 2.84. The van der Waals surface area contributed by atoms with Gasteiger partial charge in [-0.25, -0.2) is 8.42 Å². The molecule has 3 rings (SSSR count). The molecule has 0 heterocycles. The third-order valence-corrected chi connectivity index (χ3v) is 6.42. The van der Waals surface area contributed by atoms with Gasteiger partial charge in [-0.15, -0.1) is 0 Å². The van der Waals surface area contributed by atoms with Crippen molar-refractivity contribution in [3.8, 4) is 17.2 Å². The Labute approximate surface area is 193 Å². The molecular weight excluding hydrogens is 444 g/mol. The number of carbonyl (C=O) groups is 1. The molecule has 3 aromatic rings. The Morgan fingerprint density at radius 2 is 1.48 bits per heavy atom. The van der Waals surface area contributed by atoms with E-state index in [4.69, 9.17) is 14.2 Å². The van der Waals surface area contributed by atoms with Crippen LogP contribution in [0, 0.1) is 0 Å². The highest BCUT2D eigenvalue weighted by Gasteiger charge is 2.27. The lowest BCUT2D eigenvalue weighted by molar-refractivity contribution is -0.117. The number of methoxy groups -OCH3 is 3. The summed E-state index contributed by atoms with van der Waals surface area (Å²) in [4.78, 5) is 13.2. The number of carbonyl (C=O) groups excluding carboxylic acids is 1. The third kappa shape index (κ3) is 6.24. The summed E-state index contributed by atoms with van der Waals surface area (Å²) in [5.74, 6) is 0.948. The number of rotatable bonds is 10. The van der Waals surface area contributed by atoms with Gasteiger partial charge in [0.2, 0.25) is 15.9 Å². The number of hydrogen-bond donors (Lipinski definition) is 2. The molecule has 0 saturated heterocycles. The number of anilines is 1. The van der Waals surface area contributed by atoms with Crippen LogP contribution in [0.5, 0.6) is 17.2 Å². The first-order chi connectivity index (χ1) is 15.9. The van der Waals surface area contributed by atoms with Crippen molar-refractivity contribution < 1.29 is 27.4 Å². The molecule has 3 aromatic carbocycles. The monoisotopic (exact) mass is 470 g/mol. The maximum Gasteiger partial charge on any atom is 0.243 e. The van der Waals surface area contributed by atoms with Gasteiger partial charge >= 0.3 is 0 Å². The first-order valence-electron chi connectivity index (χ1n) is 10.1. The van der Waals surface area contributed by atoms with Crippen LogP contribution < -0.4 is 24.2 Å². The highest BCUT2D eigenvalue weighted by Crippen LogP contribution is 2.29. The van der Waals surface area contributed by atoms with E-state index < -0.39 is 22.0 Å². The molecule has 0 aliphatic rings. The maximum absolute atomic E-state index is 13.2. The van der Waals surface area contributed by atoms with Crippen molar-refractivity contribution in [1.29, 1.82) is 0 Å². The van der Waals surface area contributed by atoms with E-state index in [0.717, 1.165) is 5.56 Å². The summed E-state index contributed by atoms with van der Waals surface area (Å²) in [6.07, 6.45) is 0.153. The molecule has 0 bridgehead atoms. The number of benzene rings is 3. The summed E-state index contributed by atoms with van der Waals surface area (Å²) >= 11 is 0. The maximum atomic E-state index is 13.2. The molecule has 174 valence electrons. The number of ether oxygens (including phenoxy) is 3. The quantitative estimate of drug-likeness (QED) is 0.472. The van der Waals surface area contributed by atoms with Crippen molar-refractivity contribution in [3.05, 3.63) is 78.4 Å². The highest BCUT2D eigenvalue weighted by molar-refractivity contribution is 7.89. The minimum Gasteiger partial charge on any atom is -0.497 e. The van der Waals surface area contributed by atoms with Gasteiger partial charge in [-0.1, -0.05) is 30.3 Å². The van der Waals surface area contributed by atoms with Gasteiger partial charge in [0.25, 0.3) is 0 Å². The number of amides is 1. The molecule has 0 saturated carbocycles. The van der Waals surface area contributed by atoms with Gasteiger partial charge in [0, 0.05) is 6.07 Å². The van der Waals surface area contributed by atoms with E-state index in [1.54, 1.807) is 30.3 Å². The zero-order valence-corrected chi connectivity index (χ0v) is 19.4. The smallest absolute Gasteiger partial charge is 0.243 e. The Morgan fingerprint density at radius 3 is 2.09 bits per heavy atom. The largest absolute Gasteiger partial charge is 0.497 e. The van der Waals surface area contributed by atoms with Crippen LogP contribution in [0.4, 0.5) is 5.69 Å². The van der Waals surface area contributed by atoms with Crippen LogP contribution in [0.15, 0.2) is 77.7 Å². The highest BCUT2D eigenvalue weighted by atomic mass is 32.2. The van der Waals surface area contributed by atoms with Crippen molar-refractivity contribution in [2.24, 2.45) is 0 Å². The molecule has 0 aliphatic carbocycles. The van der Waals surface area contributed by atoms with Crippen LogP contribution in [0.3, 0.4) is 0 Å². The van der Waals surface area contributed by atoms with Gasteiger partial charge in [-0.05, 0) is 48.4 Å². The van der Waals surface area contributed by atoms with Gasteiger partial charge in [0.05, 0.1) is 31.9 Å². The lowest BCUT2D eigenvalue weighted by Gasteiger charge is -2.20. The zero-order chi connectivity index (χ0) is 23.8. The SMILES string of the molecule is COc1ccc(S(=O)(=O)NC(Cc2ccccc2)C(=O)Nc2ccc(OC)cc2OC)cc1. The minimum atomic E-state index is -3.99. The van der Waals surface area contributed by atoms with E-state index >= 15 is 0 Å². The molecule has 2 N–H and O–H groups in total. The fourth-order valence-electron chi connectivity index (χ4n) is 3.17. The van der Waals surface area contributed by atoms with Crippen molar-refractivity contribution >= 4 is 21.6 Å². The van der Waals surface area contributed by atoms with Gasteiger partial charge in [0.15, 0.2) is 0 Å².